The van der Waals surface area contributed by atoms with Gasteiger partial charge in [-0.15, -0.1) is 5.10 Å². The first-order chi connectivity index (χ1) is 7.86. The van der Waals surface area contributed by atoms with E-state index in [0.717, 1.165) is 38.0 Å². The van der Waals surface area contributed by atoms with Crippen molar-refractivity contribution in [3.05, 3.63) is 11.9 Å². The third-order valence-corrected chi connectivity index (χ3v) is 3.34. The molecule has 4 nitrogen and oxygen atoms in total. The Morgan fingerprint density at radius 2 is 2.25 bits per heavy atom. The smallest absolute Gasteiger partial charge is 0.0827 e. The summed E-state index contributed by atoms with van der Waals surface area (Å²) in [5.41, 5.74) is 6.54. The van der Waals surface area contributed by atoms with Crippen LogP contribution in [0.5, 0.6) is 0 Å². The third-order valence-electron chi connectivity index (χ3n) is 2.35. The van der Waals surface area contributed by atoms with Crippen LogP contribution in [0.15, 0.2) is 6.20 Å². The highest BCUT2D eigenvalue weighted by Crippen LogP contribution is 2.04. The van der Waals surface area contributed by atoms with Gasteiger partial charge in [-0.1, -0.05) is 12.1 Å². The van der Waals surface area contributed by atoms with Crippen LogP contribution in [0.2, 0.25) is 0 Å². The molecule has 2 N–H and O–H groups in total. The Labute approximate surface area is 102 Å². The molecule has 0 aliphatic carbocycles. The number of thioether (sulfide) groups is 1. The fourth-order valence-electron chi connectivity index (χ4n) is 1.49. The van der Waals surface area contributed by atoms with E-state index in [9.17, 15) is 0 Å². The molecule has 0 aliphatic heterocycles. The molecule has 1 aromatic rings. The fourth-order valence-corrected chi connectivity index (χ4v) is 2.11. The van der Waals surface area contributed by atoms with Crippen molar-refractivity contribution in [2.45, 2.75) is 39.2 Å². The lowest BCUT2D eigenvalue weighted by molar-refractivity contribution is 0.581. The monoisotopic (exact) mass is 242 g/mol. The van der Waals surface area contributed by atoms with Crippen LogP contribution in [0.25, 0.3) is 0 Å². The summed E-state index contributed by atoms with van der Waals surface area (Å²) in [6, 6.07) is 0. The summed E-state index contributed by atoms with van der Waals surface area (Å²) in [4.78, 5) is 0. The standard InChI is InChI=1S/C11H22N4S/c1-2-16-9-5-8-15-10-11(13-14-15)6-3-4-7-12/h10H,2-9,12H2,1H3. The Morgan fingerprint density at radius 3 is 3.00 bits per heavy atom. The predicted octanol–water partition coefficient (Wildman–Crippen LogP) is 1.70. The zero-order valence-electron chi connectivity index (χ0n) is 10.1. The average Bonchev–Trinajstić information content (AvgIpc) is 2.73. The fraction of sp³-hybridized carbons (Fsp3) is 0.818. The summed E-state index contributed by atoms with van der Waals surface area (Å²) in [5.74, 6) is 2.40. The van der Waals surface area contributed by atoms with Crippen molar-refractivity contribution in [1.82, 2.24) is 15.0 Å². The summed E-state index contributed by atoms with van der Waals surface area (Å²) >= 11 is 1.98. The van der Waals surface area contributed by atoms with E-state index in [2.05, 4.69) is 23.4 Å². The molecule has 0 radical (unpaired) electrons. The van der Waals surface area contributed by atoms with Gasteiger partial charge in [0.2, 0.25) is 0 Å². The van der Waals surface area contributed by atoms with Gasteiger partial charge in [0.1, 0.15) is 0 Å². The molecule has 0 aliphatic rings. The van der Waals surface area contributed by atoms with Gasteiger partial charge in [-0.05, 0) is 43.7 Å². The number of aryl methyl sites for hydroxylation is 2. The molecule has 0 saturated heterocycles. The summed E-state index contributed by atoms with van der Waals surface area (Å²) in [5, 5.41) is 8.27. The quantitative estimate of drug-likeness (QED) is 0.670. The minimum atomic E-state index is 0.766. The van der Waals surface area contributed by atoms with Crippen molar-refractivity contribution in [1.29, 1.82) is 0 Å². The first-order valence-corrected chi connectivity index (χ1v) is 7.19. The Balaban J connectivity index is 2.17. The number of hydrogen-bond donors (Lipinski definition) is 1. The van der Waals surface area contributed by atoms with Gasteiger partial charge in [0, 0.05) is 12.7 Å². The molecule has 0 fully saturated rings. The van der Waals surface area contributed by atoms with Gasteiger partial charge in [-0.25, -0.2) is 0 Å². The maximum atomic E-state index is 5.45. The summed E-state index contributed by atoms with van der Waals surface area (Å²) in [7, 11) is 0. The highest BCUT2D eigenvalue weighted by atomic mass is 32.2. The molecule has 1 aromatic heterocycles. The first kappa shape index (κ1) is 13.5. The second kappa shape index (κ2) is 8.58. The number of hydrogen-bond acceptors (Lipinski definition) is 4. The topological polar surface area (TPSA) is 56.7 Å². The van der Waals surface area contributed by atoms with E-state index in [1.807, 2.05) is 16.4 Å². The molecule has 1 heterocycles. The van der Waals surface area contributed by atoms with Crippen molar-refractivity contribution in [3.63, 3.8) is 0 Å². The van der Waals surface area contributed by atoms with E-state index < -0.39 is 0 Å². The number of unbranched alkanes of at least 4 members (excludes halogenated alkanes) is 1. The van der Waals surface area contributed by atoms with E-state index in [1.165, 1.54) is 17.9 Å². The van der Waals surface area contributed by atoms with Gasteiger partial charge < -0.3 is 5.73 Å². The van der Waals surface area contributed by atoms with Gasteiger partial charge in [-0.2, -0.15) is 11.8 Å². The molecular weight excluding hydrogens is 220 g/mol. The van der Waals surface area contributed by atoms with Crippen LogP contribution in [0, 0.1) is 0 Å². The van der Waals surface area contributed by atoms with Crippen molar-refractivity contribution in [2.24, 2.45) is 5.73 Å². The van der Waals surface area contributed by atoms with Gasteiger partial charge >= 0.3 is 0 Å². The normalized spacial score (nSPS) is 10.9. The molecule has 1 rings (SSSR count). The molecule has 0 atom stereocenters. The van der Waals surface area contributed by atoms with Crippen LogP contribution in [-0.2, 0) is 13.0 Å². The van der Waals surface area contributed by atoms with Crippen LogP contribution in [-0.4, -0.2) is 33.0 Å². The molecule has 0 spiro atoms. The SMILES string of the molecule is CCSCCCn1cc(CCCCN)nn1. The Kier molecular flexibility index (Phi) is 7.25. The Morgan fingerprint density at radius 1 is 1.38 bits per heavy atom. The van der Waals surface area contributed by atoms with E-state index in [4.69, 9.17) is 5.73 Å². The highest BCUT2D eigenvalue weighted by molar-refractivity contribution is 7.99. The van der Waals surface area contributed by atoms with Gasteiger partial charge in [0.05, 0.1) is 5.69 Å². The number of aromatic nitrogens is 3. The largest absolute Gasteiger partial charge is 0.330 e. The molecular formula is C11H22N4S. The second-order valence-electron chi connectivity index (χ2n) is 3.77. The molecule has 0 unspecified atom stereocenters. The average molecular weight is 242 g/mol. The van der Waals surface area contributed by atoms with Gasteiger partial charge in [0.15, 0.2) is 0 Å². The van der Waals surface area contributed by atoms with Gasteiger partial charge in [-0.3, -0.25) is 4.68 Å². The zero-order chi connectivity index (χ0) is 11.6. The van der Waals surface area contributed by atoms with Crippen LogP contribution in [0.4, 0.5) is 0 Å². The highest BCUT2D eigenvalue weighted by Gasteiger charge is 2.00. The minimum Gasteiger partial charge on any atom is -0.330 e. The molecule has 16 heavy (non-hydrogen) atoms. The van der Waals surface area contributed by atoms with E-state index >= 15 is 0 Å². The molecule has 92 valence electrons. The van der Waals surface area contributed by atoms with E-state index in [1.54, 1.807) is 0 Å². The van der Waals surface area contributed by atoms with Crippen LogP contribution < -0.4 is 5.73 Å². The summed E-state index contributed by atoms with van der Waals surface area (Å²) < 4.78 is 1.95. The predicted molar refractivity (Wildman–Crippen MR) is 69.6 cm³/mol. The molecule has 0 aromatic carbocycles. The van der Waals surface area contributed by atoms with Crippen LogP contribution >= 0.6 is 11.8 Å². The number of nitrogens with two attached hydrogens (primary N) is 1. The number of rotatable bonds is 9. The first-order valence-electron chi connectivity index (χ1n) is 6.03. The summed E-state index contributed by atoms with van der Waals surface area (Å²) in [6.07, 6.45) is 6.42. The van der Waals surface area contributed by atoms with Crippen molar-refractivity contribution in [3.8, 4) is 0 Å². The lowest BCUT2D eigenvalue weighted by Gasteiger charge is -1.98. The maximum Gasteiger partial charge on any atom is 0.0827 e. The Hall–Kier alpha value is -0.550. The van der Waals surface area contributed by atoms with Crippen molar-refractivity contribution < 1.29 is 0 Å². The zero-order valence-corrected chi connectivity index (χ0v) is 10.9. The van der Waals surface area contributed by atoms with Crippen LogP contribution in [0.3, 0.4) is 0 Å². The number of nitrogens with zero attached hydrogens (tertiary/aromatic N) is 3. The minimum absolute atomic E-state index is 0.766. The maximum absolute atomic E-state index is 5.45. The molecule has 0 amide bonds. The third kappa shape index (κ3) is 5.51. The lowest BCUT2D eigenvalue weighted by Crippen LogP contribution is -2.00. The molecule has 0 saturated carbocycles. The summed E-state index contributed by atoms with van der Waals surface area (Å²) in [6.45, 7) is 3.94. The van der Waals surface area contributed by atoms with Crippen molar-refractivity contribution in [2.75, 3.05) is 18.1 Å². The van der Waals surface area contributed by atoms with Crippen molar-refractivity contribution >= 4 is 11.8 Å². The van der Waals surface area contributed by atoms with Gasteiger partial charge in [0.25, 0.3) is 0 Å². The second-order valence-corrected chi connectivity index (χ2v) is 5.16. The lowest BCUT2D eigenvalue weighted by atomic mass is 10.2. The Bertz CT molecular complexity index is 275. The molecule has 5 heteroatoms. The molecule has 0 bridgehead atoms. The van der Waals surface area contributed by atoms with E-state index in [0.29, 0.717) is 0 Å². The van der Waals surface area contributed by atoms with E-state index in [-0.39, 0.29) is 0 Å². The van der Waals surface area contributed by atoms with Crippen LogP contribution in [0.1, 0.15) is 31.9 Å².